The standard InChI is InChI=1S/C10H6F3NO3/c11-10(12,13)4-1-2-6-5(3-4)7(14)8(17-6)9(15)16/h1-3H,14H2,(H,15,16). The Hall–Kier alpha value is -2.18. The largest absolute Gasteiger partial charge is 0.475 e. The molecule has 0 saturated heterocycles. The molecule has 7 heteroatoms. The van der Waals surface area contributed by atoms with Gasteiger partial charge in [0.1, 0.15) is 5.58 Å². The molecule has 2 rings (SSSR count). The molecular formula is C10H6F3NO3. The van der Waals surface area contributed by atoms with Crippen LogP contribution in [-0.2, 0) is 6.18 Å². The zero-order chi connectivity index (χ0) is 12.8. The molecule has 0 aliphatic carbocycles. The first-order chi connectivity index (χ1) is 7.80. The highest BCUT2D eigenvalue weighted by Crippen LogP contribution is 2.35. The third kappa shape index (κ3) is 1.79. The molecule has 1 aromatic carbocycles. The quantitative estimate of drug-likeness (QED) is 0.809. The van der Waals surface area contributed by atoms with Gasteiger partial charge in [0.15, 0.2) is 0 Å². The first-order valence-electron chi connectivity index (χ1n) is 4.43. The minimum absolute atomic E-state index is 0.00731. The van der Waals surface area contributed by atoms with E-state index in [1.54, 1.807) is 0 Å². The molecule has 0 aliphatic heterocycles. The number of carboxylic acid groups (broad SMARTS) is 1. The van der Waals surface area contributed by atoms with Crippen molar-refractivity contribution in [3.8, 4) is 0 Å². The molecule has 0 fully saturated rings. The number of carbonyl (C=O) groups is 1. The van der Waals surface area contributed by atoms with Gasteiger partial charge < -0.3 is 15.3 Å². The van der Waals surface area contributed by atoms with Gasteiger partial charge >= 0.3 is 12.1 Å². The molecule has 0 spiro atoms. The fourth-order valence-corrected chi connectivity index (χ4v) is 1.45. The monoisotopic (exact) mass is 245 g/mol. The summed E-state index contributed by atoms with van der Waals surface area (Å²) in [6.07, 6.45) is -4.51. The van der Waals surface area contributed by atoms with Gasteiger partial charge in [-0.15, -0.1) is 0 Å². The molecule has 3 N–H and O–H groups in total. The number of furan rings is 1. The van der Waals surface area contributed by atoms with E-state index in [0.29, 0.717) is 0 Å². The van der Waals surface area contributed by atoms with Crippen LogP contribution in [-0.4, -0.2) is 11.1 Å². The van der Waals surface area contributed by atoms with E-state index >= 15 is 0 Å². The fourth-order valence-electron chi connectivity index (χ4n) is 1.45. The number of nitrogen functional groups attached to an aromatic ring is 1. The van der Waals surface area contributed by atoms with Gasteiger partial charge in [-0.1, -0.05) is 0 Å². The van der Waals surface area contributed by atoms with Gasteiger partial charge in [-0.3, -0.25) is 0 Å². The first kappa shape index (κ1) is 11.3. The molecule has 0 unspecified atom stereocenters. The van der Waals surface area contributed by atoms with E-state index in [0.717, 1.165) is 18.2 Å². The molecule has 90 valence electrons. The van der Waals surface area contributed by atoms with Gasteiger partial charge in [0.05, 0.1) is 11.3 Å². The lowest BCUT2D eigenvalue weighted by molar-refractivity contribution is -0.137. The SMILES string of the molecule is Nc1c(C(=O)O)oc2ccc(C(F)(F)F)cc12. The zero-order valence-corrected chi connectivity index (χ0v) is 8.21. The number of anilines is 1. The summed E-state index contributed by atoms with van der Waals surface area (Å²) < 4.78 is 42.1. The topological polar surface area (TPSA) is 76.5 Å². The highest BCUT2D eigenvalue weighted by atomic mass is 19.4. The van der Waals surface area contributed by atoms with Crippen LogP contribution in [0, 0.1) is 0 Å². The van der Waals surface area contributed by atoms with Crippen LogP contribution >= 0.6 is 0 Å². The van der Waals surface area contributed by atoms with Crippen LogP contribution in [0.4, 0.5) is 18.9 Å². The number of aromatic carboxylic acids is 1. The van der Waals surface area contributed by atoms with E-state index in [1.807, 2.05) is 0 Å². The number of hydrogen-bond donors (Lipinski definition) is 2. The summed E-state index contributed by atoms with van der Waals surface area (Å²) in [5.41, 5.74) is 4.20. The molecule has 0 saturated carbocycles. The Morgan fingerprint density at radius 3 is 2.53 bits per heavy atom. The lowest BCUT2D eigenvalue weighted by atomic mass is 10.1. The molecular weight excluding hydrogens is 239 g/mol. The summed E-state index contributed by atoms with van der Waals surface area (Å²) in [5.74, 6) is -1.98. The number of carboxylic acids is 1. The van der Waals surface area contributed by atoms with Crippen molar-refractivity contribution in [3.63, 3.8) is 0 Å². The molecule has 1 aromatic heterocycles. The van der Waals surface area contributed by atoms with Crippen LogP contribution in [0.1, 0.15) is 16.1 Å². The van der Waals surface area contributed by atoms with Crippen LogP contribution in [0.3, 0.4) is 0 Å². The third-order valence-electron chi connectivity index (χ3n) is 2.25. The Morgan fingerprint density at radius 1 is 1.35 bits per heavy atom. The molecule has 0 aliphatic rings. The summed E-state index contributed by atoms with van der Waals surface area (Å²) in [7, 11) is 0. The Bertz CT molecular complexity index is 601. The van der Waals surface area contributed by atoms with E-state index in [2.05, 4.69) is 0 Å². The number of nitrogens with two attached hydrogens (primary N) is 1. The van der Waals surface area contributed by atoms with Crippen LogP contribution in [0.2, 0.25) is 0 Å². The summed E-state index contributed by atoms with van der Waals surface area (Å²) in [5, 5.41) is 8.64. The molecule has 0 atom stereocenters. The average molecular weight is 245 g/mol. The predicted octanol–water partition coefficient (Wildman–Crippen LogP) is 2.73. The Balaban J connectivity index is 2.70. The Kier molecular flexibility index (Phi) is 2.27. The van der Waals surface area contributed by atoms with Gasteiger partial charge in [-0.2, -0.15) is 13.2 Å². The summed E-state index contributed by atoms with van der Waals surface area (Å²) in [4.78, 5) is 10.7. The normalized spacial score (nSPS) is 11.9. The average Bonchev–Trinajstić information content (AvgIpc) is 2.54. The van der Waals surface area contributed by atoms with Crippen LogP contribution in [0.25, 0.3) is 11.0 Å². The molecule has 1 heterocycles. The van der Waals surface area contributed by atoms with E-state index in [1.165, 1.54) is 0 Å². The lowest BCUT2D eigenvalue weighted by Gasteiger charge is -2.05. The van der Waals surface area contributed by atoms with Gasteiger partial charge in [0.2, 0.25) is 5.76 Å². The van der Waals surface area contributed by atoms with Crippen molar-refractivity contribution < 1.29 is 27.5 Å². The van der Waals surface area contributed by atoms with Crippen LogP contribution < -0.4 is 5.73 Å². The van der Waals surface area contributed by atoms with Crippen LogP contribution in [0.5, 0.6) is 0 Å². The second kappa shape index (κ2) is 3.41. The minimum Gasteiger partial charge on any atom is -0.475 e. The minimum atomic E-state index is -4.51. The van der Waals surface area contributed by atoms with E-state index in [9.17, 15) is 18.0 Å². The number of fused-ring (bicyclic) bond motifs is 1. The van der Waals surface area contributed by atoms with Crippen molar-refractivity contribution in [1.29, 1.82) is 0 Å². The molecule has 2 aromatic rings. The fraction of sp³-hybridized carbons (Fsp3) is 0.100. The van der Waals surface area contributed by atoms with Gasteiger partial charge in [-0.25, -0.2) is 4.79 Å². The molecule has 0 amide bonds. The zero-order valence-electron chi connectivity index (χ0n) is 8.21. The maximum absolute atomic E-state index is 12.4. The third-order valence-corrected chi connectivity index (χ3v) is 2.25. The van der Waals surface area contributed by atoms with Crippen molar-refractivity contribution in [2.45, 2.75) is 6.18 Å². The molecule has 0 bridgehead atoms. The number of alkyl halides is 3. The van der Waals surface area contributed by atoms with Crippen molar-refractivity contribution in [2.75, 3.05) is 5.73 Å². The lowest BCUT2D eigenvalue weighted by Crippen LogP contribution is -2.04. The summed E-state index contributed by atoms with van der Waals surface area (Å²) in [6, 6.07) is 2.61. The smallest absolute Gasteiger partial charge is 0.416 e. The Labute approximate surface area is 92.4 Å². The Morgan fingerprint density at radius 2 is 2.00 bits per heavy atom. The summed E-state index contributed by atoms with van der Waals surface area (Å²) >= 11 is 0. The maximum atomic E-state index is 12.4. The highest BCUT2D eigenvalue weighted by molar-refractivity contribution is 6.02. The first-order valence-corrected chi connectivity index (χ1v) is 4.43. The number of rotatable bonds is 1. The predicted molar refractivity (Wildman–Crippen MR) is 52.6 cm³/mol. The molecule has 17 heavy (non-hydrogen) atoms. The maximum Gasteiger partial charge on any atom is 0.416 e. The number of hydrogen-bond acceptors (Lipinski definition) is 3. The van der Waals surface area contributed by atoms with Crippen molar-refractivity contribution in [2.24, 2.45) is 0 Å². The molecule has 0 radical (unpaired) electrons. The number of halogens is 3. The van der Waals surface area contributed by atoms with Gasteiger partial charge in [0.25, 0.3) is 0 Å². The van der Waals surface area contributed by atoms with Crippen molar-refractivity contribution >= 4 is 22.6 Å². The summed E-state index contributed by atoms with van der Waals surface area (Å²) in [6.45, 7) is 0. The van der Waals surface area contributed by atoms with E-state index in [-0.39, 0.29) is 16.7 Å². The highest BCUT2D eigenvalue weighted by Gasteiger charge is 2.31. The van der Waals surface area contributed by atoms with E-state index in [4.69, 9.17) is 15.3 Å². The second-order valence-corrected chi connectivity index (χ2v) is 3.36. The van der Waals surface area contributed by atoms with Crippen molar-refractivity contribution in [1.82, 2.24) is 0 Å². The van der Waals surface area contributed by atoms with Crippen molar-refractivity contribution in [3.05, 3.63) is 29.5 Å². The van der Waals surface area contributed by atoms with E-state index < -0.39 is 23.5 Å². The second-order valence-electron chi connectivity index (χ2n) is 3.36. The molecule has 4 nitrogen and oxygen atoms in total. The number of benzene rings is 1. The van der Waals surface area contributed by atoms with Gasteiger partial charge in [-0.05, 0) is 18.2 Å². The van der Waals surface area contributed by atoms with Gasteiger partial charge in [0, 0.05) is 5.39 Å². The van der Waals surface area contributed by atoms with Crippen LogP contribution in [0.15, 0.2) is 22.6 Å².